The lowest BCUT2D eigenvalue weighted by Crippen LogP contribution is -2.43. The summed E-state index contributed by atoms with van der Waals surface area (Å²) in [7, 11) is 1.61. The van der Waals surface area contributed by atoms with Gasteiger partial charge in [0.25, 0.3) is 0 Å². The van der Waals surface area contributed by atoms with E-state index in [1.807, 2.05) is 6.20 Å². The lowest BCUT2D eigenvalue weighted by atomic mass is 10.3. The molecule has 0 aromatic carbocycles. The number of nitrogens with one attached hydrogen (secondary N) is 1. The van der Waals surface area contributed by atoms with Gasteiger partial charge in [0, 0.05) is 33.3 Å². The molecule has 1 aromatic rings. The van der Waals surface area contributed by atoms with Crippen molar-refractivity contribution in [3.05, 3.63) is 11.9 Å². The van der Waals surface area contributed by atoms with Crippen LogP contribution in [0.4, 0.5) is 9.59 Å². The van der Waals surface area contributed by atoms with E-state index in [2.05, 4.69) is 15.6 Å². The number of hydrogen-bond acceptors (Lipinski definition) is 5. The van der Waals surface area contributed by atoms with Crippen molar-refractivity contribution in [3.8, 4) is 0 Å². The minimum atomic E-state index is -0.313. The van der Waals surface area contributed by atoms with Crippen molar-refractivity contribution < 1.29 is 14.3 Å². The number of hydrogen-bond donors (Lipinski definition) is 1. The number of methoxy groups -OCH3 is 1. The number of urea groups is 2. The van der Waals surface area contributed by atoms with Crippen molar-refractivity contribution in [2.75, 3.05) is 33.3 Å². The van der Waals surface area contributed by atoms with Crippen LogP contribution >= 0.6 is 0 Å². The molecule has 2 fully saturated rings. The monoisotopic (exact) mass is 294 g/mol. The Bertz CT molecular complexity index is 545. The highest BCUT2D eigenvalue weighted by Crippen LogP contribution is 2.22. The molecule has 0 aliphatic carbocycles. The quantitative estimate of drug-likeness (QED) is 0.834. The summed E-state index contributed by atoms with van der Waals surface area (Å²) in [4.78, 5) is 26.7. The zero-order valence-electron chi connectivity index (χ0n) is 11.9. The van der Waals surface area contributed by atoms with E-state index in [0.29, 0.717) is 32.8 Å². The van der Waals surface area contributed by atoms with Gasteiger partial charge < -0.3 is 15.0 Å². The second kappa shape index (κ2) is 5.68. The van der Waals surface area contributed by atoms with E-state index >= 15 is 0 Å². The van der Waals surface area contributed by atoms with Crippen LogP contribution in [0.25, 0.3) is 0 Å². The van der Waals surface area contributed by atoms with Crippen LogP contribution in [0, 0.1) is 0 Å². The molecule has 1 atom stereocenters. The number of likely N-dealkylation sites (tertiary alicyclic amines) is 1. The molecule has 2 aliphatic heterocycles. The summed E-state index contributed by atoms with van der Waals surface area (Å²) in [6.45, 7) is 2.53. The van der Waals surface area contributed by atoms with Crippen molar-refractivity contribution in [1.29, 1.82) is 0 Å². The number of rotatable bonds is 3. The van der Waals surface area contributed by atoms with Crippen molar-refractivity contribution in [1.82, 2.24) is 30.1 Å². The Morgan fingerprint density at radius 2 is 2.38 bits per heavy atom. The molecule has 3 rings (SSSR count). The number of amides is 4. The molecule has 9 nitrogen and oxygen atoms in total. The zero-order chi connectivity index (χ0) is 14.8. The fourth-order valence-electron chi connectivity index (χ4n) is 2.66. The van der Waals surface area contributed by atoms with Gasteiger partial charge in [-0.05, 0) is 6.42 Å². The lowest BCUT2D eigenvalue weighted by molar-refractivity contribution is 0.170. The number of carbonyl (C=O) groups excluding carboxylic acids is 2. The molecule has 21 heavy (non-hydrogen) atoms. The van der Waals surface area contributed by atoms with Gasteiger partial charge in [-0.1, -0.05) is 5.21 Å². The van der Waals surface area contributed by atoms with E-state index in [1.165, 1.54) is 4.90 Å². The lowest BCUT2D eigenvalue weighted by Gasteiger charge is -2.21. The Labute approximate surface area is 121 Å². The van der Waals surface area contributed by atoms with E-state index in [-0.39, 0.29) is 18.1 Å². The maximum atomic E-state index is 12.3. The molecular weight excluding hydrogens is 276 g/mol. The van der Waals surface area contributed by atoms with Crippen LogP contribution < -0.4 is 5.32 Å². The first-order valence-electron chi connectivity index (χ1n) is 6.93. The molecule has 3 heterocycles. The van der Waals surface area contributed by atoms with Crippen LogP contribution in [-0.2, 0) is 11.3 Å². The summed E-state index contributed by atoms with van der Waals surface area (Å²) in [6, 6.07) is -0.450. The number of carbonyl (C=O) groups is 2. The Morgan fingerprint density at radius 3 is 3.10 bits per heavy atom. The van der Waals surface area contributed by atoms with E-state index in [0.717, 1.165) is 12.1 Å². The molecule has 0 saturated carbocycles. The summed E-state index contributed by atoms with van der Waals surface area (Å²) in [5, 5.41) is 10.7. The zero-order valence-corrected chi connectivity index (χ0v) is 11.9. The van der Waals surface area contributed by atoms with Crippen LogP contribution in [0.1, 0.15) is 18.2 Å². The molecule has 0 spiro atoms. The second-order valence-corrected chi connectivity index (χ2v) is 5.18. The molecule has 0 bridgehead atoms. The molecule has 2 aliphatic rings. The smallest absolute Gasteiger partial charge is 0.328 e. The van der Waals surface area contributed by atoms with E-state index in [1.54, 1.807) is 16.7 Å². The second-order valence-electron chi connectivity index (χ2n) is 5.18. The third kappa shape index (κ3) is 2.68. The average Bonchev–Trinajstić information content (AvgIpc) is 3.17. The highest BCUT2D eigenvalue weighted by molar-refractivity contribution is 5.95. The van der Waals surface area contributed by atoms with Crippen LogP contribution in [0.3, 0.4) is 0 Å². The van der Waals surface area contributed by atoms with Gasteiger partial charge in [0.05, 0.1) is 18.8 Å². The van der Waals surface area contributed by atoms with Crippen molar-refractivity contribution >= 4 is 12.1 Å². The van der Waals surface area contributed by atoms with E-state index in [9.17, 15) is 9.59 Å². The Hall–Kier alpha value is -2.16. The average molecular weight is 294 g/mol. The normalized spacial score (nSPS) is 22.0. The van der Waals surface area contributed by atoms with Gasteiger partial charge in [-0.15, -0.1) is 5.10 Å². The Morgan fingerprint density at radius 1 is 1.52 bits per heavy atom. The highest BCUT2D eigenvalue weighted by atomic mass is 16.5. The standard InChI is InChI=1S/C12H18N6O3/c1-21-8-9-6-18(15-14-9)10-2-4-16(7-10)12(20)17-5-3-13-11(17)19/h6,10H,2-5,7-8H2,1H3,(H,13,19). The predicted octanol–water partition coefficient (Wildman–Crippen LogP) is -0.183. The van der Waals surface area contributed by atoms with Crippen LogP contribution in [0.2, 0.25) is 0 Å². The van der Waals surface area contributed by atoms with Gasteiger partial charge in [-0.3, -0.25) is 0 Å². The maximum Gasteiger partial charge on any atom is 0.328 e. The van der Waals surface area contributed by atoms with Crippen molar-refractivity contribution in [3.63, 3.8) is 0 Å². The summed E-state index contributed by atoms with van der Waals surface area (Å²) < 4.78 is 6.78. The largest absolute Gasteiger partial charge is 0.378 e. The summed E-state index contributed by atoms with van der Waals surface area (Å²) in [5.41, 5.74) is 0.765. The van der Waals surface area contributed by atoms with Gasteiger partial charge >= 0.3 is 12.1 Å². The number of imide groups is 1. The van der Waals surface area contributed by atoms with Gasteiger partial charge in [0.1, 0.15) is 5.69 Å². The third-order valence-electron chi connectivity index (χ3n) is 3.75. The molecular formula is C12H18N6O3. The first kappa shape index (κ1) is 13.8. The highest BCUT2D eigenvalue weighted by Gasteiger charge is 2.35. The SMILES string of the molecule is COCc1cn(C2CCN(C(=O)N3CCNC3=O)C2)nn1. The van der Waals surface area contributed by atoms with Gasteiger partial charge in [-0.2, -0.15) is 0 Å². The van der Waals surface area contributed by atoms with Crippen molar-refractivity contribution in [2.45, 2.75) is 19.1 Å². The van der Waals surface area contributed by atoms with Crippen LogP contribution in [0.5, 0.6) is 0 Å². The summed E-state index contributed by atoms with van der Waals surface area (Å²) in [5.74, 6) is 0. The van der Waals surface area contributed by atoms with Crippen molar-refractivity contribution in [2.24, 2.45) is 0 Å². The fourth-order valence-corrected chi connectivity index (χ4v) is 2.66. The first-order valence-corrected chi connectivity index (χ1v) is 6.93. The van der Waals surface area contributed by atoms with Crippen LogP contribution in [-0.4, -0.2) is 70.1 Å². The summed E-state index contributed by atoms with van der Waals surface area (Å²) >= 11 is 0. The van der Waals surface area contributed by atoms with Gasteiger partial charge in [0.15, 0.2) is 0 Å². The maximum absolute atomic E-state index is 12.3. The predicted molar refractivity (Wildman–Crippen MR) is 71.5 cm³/mol. The fraction of sp³-hybridized carbons (Fsp3) is 0.667. The molecule has 0 radical (unpaired) electrons. The van der Waals surface area contributed by atoms with Crippen LogP contribution in [0.15, 0.2) is 6.20 Å². The summed E-state index contributed by atoms with van der Waals surface area (Å²) in [6.07, 6.45) is 2.64. The van der Waals surface area contributed by atoms with Gasteiger partial charge in [0.2, 0.25) is 0 Å². The number of aromatic nitrogens is 3. The minimum Gasteiger partial charge on any atom is -0.378 e. The molecule has 9 heteroatoms. The molecule has 4 amide bonds. The van der Waals surface area contributed by atoms with Gasteiger partial charge in [-0.25, -0.2) is 19.2 Å². The minimum absolute atomic E-state index is 0.0951. The molecule has 1 aromatic heterocycles. The van der Waals surface area contributed by atoms with E-state index in [4.69, 9.17) is 4.74 Å². The Balaban J connectivity index is 1.62. The molecule has 2 saturated heterocycles. The third-order valence-corrected chi connectivity index (χ3v) is 3.75. The first-order chi connectivity index (χ1) is 10.2. The number of nitrogens with zero attached hydrogens (tertiary/aromatic N) is 5. The Kier molecular flexibility index (Phi) is 3.74. The van der Waals surface area contributed by atoms with E-state index < -0.39 is 0 Å². The molecule has 1 unspecified atom stereocenters. The molecule has 114 valence electrons. The molecule has 1 N–H and O–H groups in total. The number of ether oxygens (including phenoxy) is 1. The topological polar surface area (TPSA) is 92.6 Å².